The van der Waals surface area contributed by atoms with Gasteiger partial charge >= 0.3 is 0 Å². The quantitative estimate of drug-likeness (QED) is 0.871. The summed E-state index contributed by atoms with van der Waals surface area (Å²) in [5.41, 5.74) is 0.0206. The second-order valence-electron chi connectivity index (χ2n) is 4.78. The molecule has 0 heterocycles. The third kappa shape index (κ3) is 2.83. The highest BCUT2D eigenvalue weighted by atomic mass is 79.9. The topological polar surface area (TPSA) is 40.5 Å². The van der Waals surface area contributed by atoms with Gasteiger partial charge in [-0.05, 0) is 37.0 Å². The van der Waals surface area contributed by atoms with Gasteiger partial charge in [-0.1, -0.05) is 15.9 Å². The number of phenolic OH excluding ortho intramolecular Hbond substituents is 1. The van der Waals surface area contributed by atoms with Crippen molar-refractivity contribution in [1.29, 1.82) is 0 Å². The Kier molecular flexibility index (Phi) is 3.90. The first-order valence-corrected chi connectivity index (χ1v) is 6.77. The summed E-state index contributed by atoms with van der Waals surface area (Å²) < 4.78 is 13.1. The second-order valence-corrected chi connectivity index (χ2v) is 6.08. The van der Waals surface area contributed by atoms with E-state index in [-0.39, 0.29) is 17.2 Å². The van der Waals surface area contributed by atoms with E-state index in [1.165, 1.54) is 11.0 Å². The minimum Gasteiger partial charge on any atom is -0.507 e. The molecule has 5 heteroatoms. The van der Waals surface area contributed by atoms with Crippen LogP contribution in [0.5, 0.6) is 5.75 Å². The summed E-state index contributed by atoms with van der Waals surface area (Å²) in [7, 11) is 1.67. The molecule has 1 aliphatic rings. The van der Waals surface area contributed by atoms with Gasteiger partial charge < -0.3 is 10.0 Å². The molecule has 0 aliphatic heterocycles. The van der Waals surface area contributed by atoms with Crippen molar-refractivity contribution in [2.24, 2.45) is 5.92 Å². The average molecular weight is 316 g/mol. The molecule has 0 aromatic heterocycles. The van der Waals surface area contributed by atoms with Crippen LogP contribution >= 0.6 is 15.9 Å². The van der Waals surface area contributed by atoms with Crippen molar-refractivity contribution in [3.8, 4) is 5.75 Å². The summed E-state index contributed by atoms with van der Waals surface area (Å²) in [4.78, 5) is 14.2. The van der Waals surface area contributed by atoms with Crippen LogP contribution in [-0.4, -0.2) is 34.3 Å². The Bertz CT molecular complexity index is 460. The minimum atomic E-state index is -0.520. The predicted molar refractivity (Wildman–Crippen MR) is 70.5 cm³/mol. The van der Waals surface area contributed by atoms with Crippen molar-refractivity contribution in [3.63, 3.8) is 0 Å². The number of carbonyl (C=O) groups excluding carboxylic acids is 1. The van der Waals surface area contributed by atoms with Crippen molar-refractivity contribution in [1.82, 2.24) is 4.90 Å². The van der Waals surface area contributed by atoms with Crippen LogP contribution < -0.4 is 0 Å². The molecule has 0 unspecified atom stereocenters. The zero-order valence-corrected chi connectivity index (χ0v) is 11.7. The summed E-state index contributed by atoms with van der Waals surface area (Å²) in [6, 6.07) is 3.41. The Morgan fingerprint density at radius 2 is 2.22 bits per heavy atom. The molecule has 2 rings (SSSR count). The lowest BCUT2D eigenvalue weighted by Crippen LogP contribution is -2.37. The lowest BCUT2D eigenvalue weighted by atomic mass is 9.85. The van der Waals surface area contributed by atoms with Gasteiger partial charge in [0.2, 0.25) is 0 Å². The molecule has 0 atom stereocenters. The molecule has 1 N–H and O–H groups in total. The van der Waals surface area contributed by atoms with Gasteiger partial charge in [0.25, 0.3) is 5.91 Å². The zero-order valence-electron chi connectivity index (χ0n) is 10.1. The summed E-state index contributed by atoms with van der Waals surface area (Å²) in [6.07, 6.45) is 2.10. The molecule has 0 radical (unpaired) electrons. The van der Waals surface area contributed by atoms with Crippen LogP contribution in [0.25, 0.3) is 0 Å². The van der Waals surface area contributed by atoms with Gasteiger partial charge in [0.1, 0.15) is 11.6 Å². The lowest BCUT2D eigenvalue weighted by molar-refractivity contribution is 0.0745. The van der Waals surface area contributed by atoms with E-state index in [2.05, 4.69) is 15.9 Å². The van der Waals surface area contributed by atoms with Crippen LogP contribution in [0.1, 0.15) is 23.2 Å². The molecule has 1 aromatic rings. The summed E-state index contributed by atoms with van der Waals surface area (Å²) in [5.74, 6) is -0.557. The Morgan fingerprint density at radius 1 is 1.56 bits per heavy atom. The number of phenols is 1. The van der Waals surface area contributed by atoms with Crippen LogP contribution in [-0.2, 0) is 0 Å². The molecule has 0 spiro atoms. The van der Waals surface area contributed by atoms with Gasteiger partial charge in [-0.3, -0.25) is 4.79 Å². The van der Waals surface area contributed by atoms with Crippen LogP contribution in [0, 0.1) is 11.7 Å². The van der Waals surface area contributed by atoms with Crippen molar-refractivity contribution >= 4 is 21.8 Å². The highest BCUT2D eigenvalue weighted by molar-refractivity contribution is 9.09. The number of rotatable bonds is 3. The minimum absolute atomic E-state index is 0.0206. The van der Waals surface area contributed by atoms with Gasteiger partial charge in [0.05, 0.1) is 5.56 Å². The fourth-order valence-electron chi connectivity index (χ4n) is 2.16. The number of carbonyl (C=O) groups is 1. The Hall–Kier alpha value is -1.10. The number of aromatic hydroxyl groups is 1. The number of hydrogen-bond acceptors (Lipinski definition) is 2. The van der Waals surface area contributed by atoms with Gasteiger partial charge in [0.15, 0.2) is 0 Å². The monoisotopic (exact) mass is 315 g/mol. The van der Waals surface area contributed by atoms with E-state index >= 15 is 0 Å². The molecule has 1 aromatic carbocycles. The summed E-state index contributed by atoms with van der Waals surface area (Å²) >= 11 is 3.50. The Labute approximate surface area is 114 Å². The fourth-order valence-corrected chi connectivity index (χ4v) is 3.22. The van der Waals surface area contributed by atoms with Crippen molar-refractivity contribution < 1.29 is 14.3 Å². The number of hydrogen-bond donors (Lipinski definition) is 1. The molecule has 1 fully saturated rings. The van der Waals surface area contributed by atoms with Crippen molar-refractivity contribution in [2.45, 2.75) is 17.7 Å². The van der Waals surface area contributed by atoms with Gasteiger partial charge in [-0.25, -0.2) is 4.39 Å². The van der Waals surface area contributed by atoms with E-state index in [9.17, 15) is 14.3 Å². The van der Waals surface area contributed by atoms with E-state index in [1.54, 1.807) is 7.05 Å². The fraction of sp³-hybridized carbons (Fsp3) is 0.462. The number of benzene rings is 1. The van der Waals surface area contributed by atoms with Gasteiger partial charge in [-0.2, -0.15) is 0 Å². The van der Waals surface area contributed by atoms with E-state index < -0.39 is 5.82 Å². The molecule has 98 valence electrons. The average Bonchev–Trinajstić information content (AvgIpc) is 2.29. The van der Waals surface area contributed by atoms with Gasteiger partial charge in [-0.15, -0.1) is 0 Å². The van der Waals surface area contributed by atoms with Crippen molar-refractivity contribution in [3.05, 3.63) is 29.6 Å². The first kappa shape index (κ1) is 13.3. The third-order valence-electron chi connectivity index (χ3n) is 3.25. The van der Waals surface area contributed by atoms with E-state index in [0.29, 0.717) is 17.3 Å². The van der Waals surface area contributed by atoms with Crippen molar-refractivity contribution in [2.75, 3.05) is 13.6 Å². The molecule has 3 nitrogen and oxygen atoms in total. The van der Waals surface area contributed by atoms with E-state index in [0.717, 1.165) is 25.0 Å². The SMILES string of the molecule is CN(CC1CC(Br)C1)C(=O)c1cc(F)ccc1O. The van der Waals surface area contributed by atoms with Gasteiger partial charge in [0, 0.05) is 18.4 Å². The first-order chi connectivity index (χ1) is 8.47. The molecule has 18 heavy (non-hydrogen) atoms. The highest BCUT2D eigenvalue weighted by Gasteiger charge is 2.29. The molecule has 1 saturated carbocycles. The standard InChI is InChI=1S/C13H15BrFNO2/c1-16(7-8-4-9(14)5-8)13(18)11-6-10(15)2-3-12(11)17/h2-3,6,8-9,17H,4-5,7H2,1H3. The molecular formula is C13H15BrFNO2. The second kappa shape index (κ2) is 5.26. The number of nitrogens with zero attached hydrogens (tertiary/aromatic N) is 1. The lowest BCUT2D eigenvalue weighted by Gasteiger charge is -2.34. The van der Waals surface area contributed by atoms with Crippen LogP contribution in [0.4, 0.5) is 4.39 Å². The molecular weight excluding hydrogens is 301 g/mol. The van der Waals surface area contributed by atoms with Crippen LogP contribution in [0.15, 0.2) is 18.2 Å². The smallest absolute Gasteiger partial charge is 0.257 e. The summed E-state index contributed by atoms with van der Waals surface area (Å²) in [6.45, 7) is 0.636. The number of amides is 1. The maximum atomic E-state index is 13.1. The molecule has 1 aliphatic carbocycles. The van der Waals surface area contributed by atoms with E-state index in [1.807, 2.05) is 0 Å². The van der Waals surface area contributed by atoms with Crippen LogP contribution in [0.2, 0.25) is 0 Å². The normalized spacial score (nSPS) is 22.4. The number of alkyl halides is 1. The largest absolute Gasteiger partial charge is 0.507 e. The molecule has 1 amide bonds. The maximum Gasteiger partial charge on any atom is 0.257 e. The Morgan fingerprint density at radius 3 is 2.83 bits per heavy atom. The predicted octanol–water partition coefficient (Wildman–Crippen LogP) is 2.78. The third-order valence-corrected chi connectivity index (χ3v) is 3.99. The number of halogens is 2. The maximum absolute atomic E-state index is 13.1. The summed E-state index contributed by atoms with van der Waals surface area (Å²) in [5, 5.41) is 9.58. The molecule has 0 bridgehead atoms. The van der Waals surface area contributed by atoms with E-state index in [4.69, 9.17) is 0 Å². The Balaban J connectivity index is 2.03. The molecule has 0 saturated heterocycles. The van der Waals surface area contributed by atoms with Crippen LogP contribution in [0.3, 0.4) is 0 Å². The first-order valence-electron chi connectivity index (χ1n) is 5.85. The highest BCUT2D eigenvalue weighted by Crippen LogP contribution is 2.34. The zero-order chi connectivity index (χ0) is 13.3.